The molecule has 0 aromatic heterocycles. The first-order valence-electron chi connectivity index (χ1n) is 7.04. The van der Waals surface area contributed by atoms with Crippen LogP contribution in [0, 0.1) is 6.92 Å². The summed E-state index contributed by atoms with van der Waals surface area (Å²) in [5.74, 6) is 0. The molecule has 19 heavy (non-hydrogen) atoms. The van der Waals surface area contributed by atoms with E-state index in [-0.39, 0.29) is 0 Å². The Hall–Kier alpha value is -1.60. The zero-order valence-corrected chi connectivity index (χ0v) is 11.8. The molecule has 0 aliphatic rings. The van der Waals surface area contributed by atoms with Gasteiger partial charge in [-0.3, -0.25) is 0 Å². The highest BCUT2D eigenvalue weighted by Gasteiger charge is 2.11. The van der Waals surface area contributed by atoms with Gasteiger partial charge in [0.2, 0.25) is 0 Å². The largest absolute Gasteiger partial charge is 0.384 e. The zero-order chi connectivity index (χ0) is 13.7. The fraction of sp³-hybridized carbons (Fsp3) is 0.333. The summed E-state index contributed by atoms with van der Waals surface area (Å²) in [5.41, 5.74) is 4.44. The minimum Gasteiger partial charge on any atom is -0.384 e. The van der Waals surface area contributed by atoms with Crippen LogP contribution in [-0.4, -0.2) is 5.11 Å². The predicted molar refractivity (Wildman–Crippen MR) is 80.3 cm³/mol. The first-order chi connectivity index (χ1) is 9.22. The number of aryl methyl sites for hydroxylation is 2. The molecule has 1 N–H and O–H groups in total. The van der Waals surface area contributed by atoms with Gasteiger partial charge in [-0.1, -0.05) is 61.9 Å². The summed E-state index contributed by atoms with van der Waals surface area (Å²) in [6, 6.07) is 16.4. The average molecular weight is 254 g/mol. The lowest BCUT2D eigenvalue weighted by atomic mass is 9.96. The van der Waals surface area contributed by atoms with E-state index in [1.165, 1.54) is 18.4 Å². The number of unbranched alkanes of at least 4 members (excludes halogenated alkanes) is 1. The Morgan fingerprint density at radius 1 is 1.00 bits per heavy atom. The Kier molecular flexibility index (Phi) is 4.75. The third-order valence-electron chi connectivity index (χ3n) is 3.60. The molecular weight excluding hydrogens is 232 g/mol. The maximum absolute atomic E-state index is 10.4. The Bertz CT molecular complexity index is 513. The molecule has 0 amide bonds. The summed E-state index contributed by atoms with van der Waals surface area (Å²) in [4.78, 5) is 0. The van der Waals surface area contributed by atoms with Crippen molar-refractivity contribution in [3.63, 3.8) is 0 Å². The monoisotopic (exact) mass is 254 g/mol. The summed E-state index contributed by atoms with van der Waals surface area (Å²) in [7, 11) is 0. The maximum Gasteiger partial charge on any atom is 0.104 e. The highest BCUT2D eigenvalue weighted by Crippen LogP contribution is 2.24. The second-order valence-corrected chi connectivity index (χ2v) is 5.10. The van der Waals surface area contributed by atoms with Crippen LogP contribution >= 0.6 is 0 Å². The van der Waals surface area contributed by atoms with Crippen molar-refractivity contribution in [2.75, 3.05) is 0 Å². The van der Waals surface area contributed by atoms with Gasteiger partial charge in [-0.2, -0.15) is 0 Å². The molecular formula is C18H22O. The summed E-state index contributed by atoms with van der Waals surface area (Å²) in [6.45, 7) is 4.24. The molecule has 0 radical (unpaired) electrons. The smallest absolute Gasteiger partial charge is 0.104 e. The second-order valence-electron chi connectivity index (χ2n) is 5.10. The first kappa shape index (κ1) is 13.8. The Morgan fingerprint density at radius 2 is 1.68 bits per heavy atom. The van der Waals surface area contributed by atoms with E-state index in [2.05, 4.69) is 19.1 Å². The fourth-order valence-corrected chi connectivity index (χ4v) is 2.32. The summed E-state index contributed by atoms with van der Waals surface area (Å²) in [5, 5.41) is 10.4. The van der Waals surface area contributed by atoms with Crippen molar-refractivity contribution in [1.82, 2.24) is 0 Å². The van der Waals surface area contributed by atoms with Crippen molar-refractivity contribution in [2.45, 2.75) is 39.2 Å². The van der Waals surface area contributed by atoms with E-state index >= 15 is 0 Å². The van der Waals surface area contributed by atoms with Gasteiger partial charge in [0.25, 0.3) is 0 Å². The molecule has 1 heteroatoms. The molecule has 2 aromatic carbocycles. The SMILES string of the molecule is CCCCc1ccc(C(O)c2ccccc2C)cc1. The highest BCUT2D eigenvalue weighted by atomic mass is 16.3. The number of benzene rings is 2. The molecule has 1 atom stereocenters. The molecule has 0 saturated carbocycles. The van der Waals surface area contributed by atoms with Gasteiger partial charge in [0.1, 0.15) is 6.10 Å². The Morgan fingerprint density at radius 3 is 2.32 bits per heavy atom. The van der Waals surface area contributed by atoms with Crippen molar-refractivity contribution in [3.8, 4) is 0 Å². The van der Waals surface area contributed by atoms with Crippen molar-refractivity contribution < 1.29 is 5.11 Å². The topological polar surface area (TPSA) is 20.2 Å². The van der Waals surface area contributed by atoms with E-state index in [9.17, 15) is 5.11 Å². The van der Waals surface area contributed by atoms with E-state index in [1.807, 2.05) is 43.3 Å². The summed E-state index contributed by atoms with van der Waals surface area (Å²) >= 11 is 0. The Balaban J connectivity index is 2.16. The van der Waals surface area contributed by atoms with Gasteiger partial charge in [-0.15, -0.1) is 0 Å². The van der Waals surface area contributed by atoms with Gasteiger partial charge in [0.15, 0.2) is 0 Å². The van der Waals surface area contributed by atoms with Crippen molar-refractivity contribution in [3.05, 3.63) is 70.8 Å². The van der Waals surface area contributed by atoms with Crippen LogP contribution in [0.4, 0.5) is 0 Å². The Labute approximate surface area is 115 Å². The van der Waals surface area contributed by atoms with Crippen molar-refractivity contribution in [1.29, 1.82) is 0 Å². The number of rotatable bonds is 5. The molecule has 0 fully saturated rings. The lowest BCUT2D eigenvalue weighted by molar-refractivity contribution is 0.219. The van der Waals surface area contributed by atoms with Gasteiger partial charge in [0.05, 0.1) is 0 Å². The minimum absolute atomic E-state index is 0.526. The van der Waals surface area contributed by atoms with Crippen LogP contribution in [0.2, 0.25) is 0 Å². The average Bonchev–Trinajstić information content (AvgIpc) is 2.45. The lowest BCUT2D eigenvalue weighted by Gasteiger charge is -2.14. The quantitative estimate of drug-likeness (QED) is 0.837. The molecule has 0 saturated heterocycles. The molecule has 2 rings (SSSR count). The maximum atomic E-state index is 10.4. The van der Waals surface area contributed by atoms with E-state index in [4.69, 9.17) is 0 Å². The molecule has 2 aromatic rings. The molecule has 0 aliphatic carbocycles. The van der Waals surface area contributed by atoms with E-state index in [0.717, 1.165) is 23.1 Å². The molecule has 1 unspecified atom stereocenters. The molecule has 1 nitrogen and oxygen atoms in total. The lowest BCUT2D eigenvalue weighted by Crippen LogP contribution is -2.02. The van der Waals surface area contributed by atoms with Gasteiger partial charge in [-0.05, 0) is 42.0 Å². The van der Waals surface area contributed by atoms with Crippen LogP contribution in [0.15, 0.2) is 48.5 Å². The van der Waals surface area contributed by atoms with Crippen molar-refractivity contribution in [2.24, 2.45) is 0 Å². The summed E-state index contributed by atoms with van der Waals surface area (Å²) < 4.78 is 0. The number of hydrogen-bond donors (Lipinski definition) is 1. The van der Waals surface area contributed by atoms with Gasteiger partial charge in [-0.25, -0.2) is 0 Å². The third-order valence-corrected chi connectivity index (χ3v) is 3.60. The number of hydrogen-bond acceptors (Lipinski definition) is 1. The number of aliphatic hydroxyl groups is 1. The first-order valence-corrected chi connectivity index (χ1v) is 7.04. The third kappa shape index (κ3) is 3.45. The van der Waals surface area contributed by atoms with Crippen molar-refractivity contribution >= 4 is 0 Å². The van der Waals surface area contributed by atoms with E-state index in [1.54, 1.807) is 0 Å². The van der Waals surface area contributed by atoms with Gasteiger partial charge >= 0.3 is 0 Å². The molecule has 0 heterocycles. The van der Waals surface area contributed by atoms with Crippen LogP contribution in [0.3, 0.4) is 0 Å². The second kappa shape index (κ2) is 6.53. The van der Waals surface area contributed by atoms with E-state index in [0.29, 0.717) is 0 Å². The fourth-order valence-electron chi connectivity index (χ4n) is 2.32. The zero-order valence-electron chi connectivity index (χ0n) is 11.8. The van der Waals surface area contributed by atoms with Crippen LogP contribution < -0.4 is 0 Å². The highest BCUT2D eigenvalue weighted by molar-refractivity contribution is 5.36. The predicted octanol–water partition coefficient (Wildman–Crippen LogP) is 4.42. The molecule has 0 bridgehead atoms. The normalized spacial score (nSPS) is 12.4. The van der Waals surface area contributed by atoms with Crippen LogP contribution in [0.1, 0.15) is 48.1 Å². The number of aliphatic hydroxyl groups excluding tert-OH is 1. The van der Waals surface area contributed by atoms with Crippen LogP contribution in [0.25, 0.3) is 0 Å². The van der Waals surface area contributed by atoms with Crippen LogP contribution in [0.5, 0.6) is 0 Å². The van der Waals surface area contributed by atoms with Gasteiger partial charge in [0, 0.05) is 0 Å². The van der Waals surface area contributed by atoms with E-state index < -0.39 is 6.10 Å². The van der Waals surface area contributed by atoms with Crippen LogP contribution in [-0.2, 0) is 6.42 Å². The van der Waals surface area contributed by atoms with Gasteiger partial charge < -0.3 is 5.11 Å². The molecule has 100 valence electrons. The molecule has 0 aliphatic heterocycles. The molecule has 0 spiro atoms. The summed E-state index contributed by atoms with van der Waals surface area (Å²) in [6.07, 6.45) is 3.03. The minimum atomic E-state index is -0.526. The standard InChI is InChI=1S/C18H22O/c1-3-4-8-15-10-12-16(13-11-15)18(19)17-9-6-5-7-14(17)2/h5-7,9-13,18-19H,3-4,8H2,1-2H3.